The molecule has 0 saturated carbocycles. The van der Waals surface area contributed by atoms with Crippen LogP contribution >= 0.6 is 0 Å². The molecule has 0 radical (unpaired) electrons. The number of benzene rings is 2. The first-order valence-electron chi connectivity index (χ1n) is 6.60. The quantitative estimate of drug-likeness (QED) is 0.744. The van der Waals surface area contributed by atoms with Gasteiger partial charge in [-0.05, 0) is 24.6 Å². The number of alkyl halides is 3. The van der Waals surface area contributed by atoms with Gasteiger partial charge in [0.1, 0.15) is 5.82 Å². The molecule has 0 aliphatic carbocycles. The van der Waals surface area contributed by atoms with Crippen molar-refractivity contribution in [1.29, 1.82) is 0 Å². The maximum absolute atomic E-state index is 13.8. The van der Waals surface area contributed by atoms with Crippen molar-refractivity contribution in [3.63, 3.8) is 0 Å². The van der Waals surface area contributed by atoms with Crippen LogP contribution in [-0.4, -0.2) is 0 Å². The fraction of sp³-hybridized carbons (Fsp3) is 0.250. The Kier molecular flexibility index (Phi) is 4.50. The molecule has 21 heavy (non-hydrogen) atoms. The number of nitrogens with one attached hydrogen (secondary N) is 1. The van der Waals surface area contributed by atoms with Crippen molar-refractivity contribution >= 4 is 5.69 Å². The standard InChI is InChI=1S/C16H15F4N/c1-2-14(11-7-3-5-9-13(11)17)21-15-10-6-4-8-12(15)16(18,19)20/h3-10,14,21H,2H2,1H3. The molecular formula is C16H15F4N. The van der Waals surface area contributed by atoms with E-state index in [1.807, 2.05) is 0 Å². The Hall–Kier alpha value is -2.04. The van der Waals surface area contributed by atoms with Crippen molar-refractivity contribution < 1.29 is 17.6 Å². The Morgan fingerprint density at radius 1 is 1.00 bits per heavy atom. The van der Waals surface area contributed by atoms with E-state index in [-0.39, 0.29) is 5.69 Å². The first kappa shape index (κ1) is 15.4. The molecule has 1 atom stereocenters. The molecule has 5 heteroatoms. The highest BCUT2D eigenvalue weighted by Gasteiger charge is 2.33. The third-order valence-corrected chi connectivity index (χ3v) is 3.25. The third-order valence-electron chi connectivity index (χ3n) is 3.25. The summed E-state index contributed by atoms with van der Waals surface area (Å²) in [5.41, 5.74) is -0.433. The molecule has 1 nitrogen and oxygen atoms in total. The summed E-state index contributed by atoms with van der Waals surface area (Å²) in [5.74, 6) is -0.429. The van der Waals surface area contributed by atoms with Gasteiger partial charge in [-0.25, -0.2) is 4.39 Å². The molecule has 2 rings (SSSR count). The molecule has 0 aliphatic rings. The van der Waals surface area contributed by atoms with Gasteiger partial charge in [-0.3, -0.25) is 0 Å². The van der Waals surface area contributed by atoms with E-state index in [4.69, 9.17) is 0 Å². The summed E-state index contributed by atoms with van der Waals surface area (Å²) < 4.78 is 52.7. The van der Waals surface area contributed by atoms with Gasteiger partial charge < -0.3 is 5.32 Å². The highest BCUT2D eigenvalue weighted by atomic mass is 19.4. The minimum atomic E-state index is -4.45. The van der Waals surface area contributed by atoms with Crippen LogP contribution in [-0.2, 0) is 6.18 Å². The molecule has 2 aromatic carbocycles. The highest BCUT2D eigenvalue weighted by Crippen LogP contribution is 2.36. The van der Waals surface area contributed by atoms with E-state index in [9.17, 15) is 17.6 Å². The molecular weight excluding hydrogens is 282 g/mol. The SMILES string of the molecule is CCC(Nc1ccccc1C(F)(F)F)c1ccccc1F. The van der Waals surface area contributed by atoms with Crippen molar-refractivity contribution in [3.05, 3.63) is 65.5 Å². The third kappa shape index (κ3) is 3.54. The van der Waals surface area contributed by atoms with E-state index in [0.717, 1.165) is 6.07 Å². The smallest absolute Gasteiger partial charge is 0.378 e. The van der Waals surface area contributed by atoms with Gasteiger partial charge >= 0.3 is 6.18 Å². The second-order valence-electron chi connectivity index (χ2n) is 4.67. The lowest BCUT2D eigenvalue weighted by Crippen LogP contribution is -2.15. The summed E-state index contributed by atoms with van der Waals surface area (Å²) in [5, 5.41) is 2.80. The van der Waals surface area contributed by atoms with E-state index < -0.39 is 23.6 Å². The van der Waals surface area contributed by atoms with Crippen molar-refractivity contribution in [2.75, 3.05) is 5.32 Å². The van der Waals surface area contributed by atoms with Gasteiger partial charge in [-0.2, -0.15) is 13.2 Å². The summed E-state index contributed by atoms with van der Waals surface area (Å²) in [6.07, 6.45) is -3.98. The fourth-order valence-corrected chi connectivity index (χ4v) is 2.20. The van der Waals surface area contributed by atoms with Crippen LogP contribution < -0.4 is 5.32 Å². The Labute approximate surface area is 120 Å². The normalized spacial score (nSPS) is 13.0. The zero-order valence-electron chi connectivity index (χ0n) is 11.4. The molecule has 0 heterocycles. The van der Waals surface area contributed by atoms with Crippen LogP contribution in [0.5, 0.6) is 0 Å². The number of halogens is 4. The maximum Gasteiger partial charge on any atom is 0.418 e. The van der Waals surface area contributed by atoms with Gasteiger partial charge in [0.15, 0.2) is 0 Å². The minimum absolute atomic E-state index is 0.0416. The summed E-state index contributed by atoms with van der Waals surface area (Å²) >= 11 is 0. The van der Waals surface area contributed by atoms with Crippen LogP contribution in [0.1, 0.15) is 30.5 Å². The Morgan fingerprint density at radius 2 is 1.62 bits per heavy atom. The number of para-hydroxylation sites is 1. The van der Waals surface area contributed by atoms with Gasteiger partial charge in [0.2, 0.25) is 0 Å². The molecule has 1 unspecified atom stereocenters. The lowest BCUT2D eigenvalue weighted by Gasteiger charge is -2.22. The molecule has 0 amide bonds. The molecule has 0 spiro atoms. The fourth-order valence-electron chi connectivity index (χ4n) is 2.20. The van der Waals surface area contributed by atoms with E-state index in [2.05, 4.69) is 5.32 Å². The van der Waals surface area contributed by atoms with Crippen LogP contribution in [0.25, 0.3) is 0 Å². The van der Waals surface area contributed by atoms with Crippen LogP contribution in [0, 0.1) is 5.82 Å². The molecule has 0 aromatic heterocycles. The topological polar surface area (TPSA) is 12.0 Å². The molecule has 0 aliphatic heterocycles. The summed E-state index contributed by atoms with van der Waals surface area (Å²) in [6.45, 7) is 1.79. The lowest BCUT2D eigenvalue weighted by molar-refractivity contribution is -0.137. The predicted molar refractivity (Wildman–Crippen MR) is 74.5 cm³/mol. The zero-order chi connectivity index (χ0) is 15.5. The summed E-state index contributed by atoms with van der Waals surface area (Å²) in [6, 6.07) is 10.8. The average Bonchev–Trinajstić information content (AvgIpc) is 2.45. The summed E-state index contributed by atoms with van der Waals surface area (Å²) in [7, 11) is 0. The van der Waals surface area contributed by atoms with Crippen LogP contribution in [0.15, 0.2) is 48.5 Å². The molecule has 0 saturated heterocycles. The maximum atomic E-state index is 13.8. The lowest BCUT2D eigenvalue weighted by atomic mass is 10.0. The van der Waals surface area contributed by atoms with Gasteiger partial charge in [-0.15, -0.1) is 0 Å². The Bertz CT molecular complexity index is 607. The molecule has 112 valence electrons. The number of hydrogen-bond acceptors (Lipinski definition) is 1. The van der Waals surface area contributed by atoms with Gasteiger partial charge in [-0.1, -0.05) is 37.3 Å². The molecule has 1 N–H and O–H groups in total. The molecule has 0 bridgehead atoms. The summed E-state index contributed by atoms with van der Waals surface area (Å²) in [4.78, 5) is 0. The Balaban J connectivity index is 2.34. The monoisotopic (exact) mass is 297 g/mol. The van der Waals surface area contributed by atoms with Crippen molar-refractivity contribution in [2.24, 2.45) is 0 Å². The Morgan fingerprint density at radius 3 is 2.24 bits per heavy atom. The second kappa shape index (κ2) is 6.16. The molecule has 0 fully saturated rings. The van der Waals surface area contributed by atoms with Gasteiger partial charge in [0.25, 0.3) is 0 Å². The highest BCUT2D eigenvalue weighted by molar-refractivity contribution is 5.54. The second-order valence-corrected chi connectivity index (χ2v) is 4.67. The van der Waals surface area contributed by atoms with E-state index in [0.29, 0.717) is 12.0 Å². The van der Waals surface area contributed by atoms with Gasteiger partial charge in [0.05, 0.1) is 11.6 Å². The van der Waals surface area contributed by atoms with Crippen molar-refractivity contribution in [2.45, 2.75) is 25.6 Å². The minimum Gasteiger partial charge on any atom is -0.378 e. The number of hydrogen-bond donors (Lipinski definition) is 1. The van der Waals surface area contributed by atoms with Crippen LogP contribution in [0.3, 0.4) is 0 Å². The van der Waals surface area contributed by atoms with Crippen LogP contribution in [0.2, 0.25) is 0 Å². The van der Waals surface area contributed by atoms with Crippen LogP contribution in [0.4, 0.5) is 23.2 Å². The van der Waals surface area contributed by atoms with E-state index in [1.54, 1.807) is 25.1 Å². The zero-order valence-corrected chi connectivity index (χ0v) is 11.4. The predicted octanol–water partition coefficient (Wildman–Crippen LogP) is 5.41. The van der Waals surface area contributed by atoms with Gasteiger partial charge in [0, 0.05) is 11.3 Å². The first-order chi connectivity index (χ1) is 9.93. The molecule has 2 aromatic rings. The number of rotatable bonds is 4. The van der Waals surface area contributed by atoms with Crippen molar-refractivity contribution in [3.8, 4) is 0 Å². The largest absolute Gasteiger partial charge is 0.418 e. The first-order valence-corrected chi connectivity index (χ1v) is 6.60. The van der Waals surface area contributed by atoms with E-state index >= 15 is 0 Å². The van der Waals surface area contributed by atoms with Crippen molar-refractivity contribution in [1.82, 2.24) is 0 Å². The number of anilines is 1. The van der Waals surface area contributed by atoms with E-state index in [1.165, 1.54) is 24.3 Å². The average molecular weight is 297 g/mol.